The highest BCUT2D eigenvalue weighted by Gasteiger charge is 2.24. The molecule has 0 radical (unpaired) electrons. The van der Waals surface area contributed by atoms with Gasteiger partial charge in [-0.2, -0.15) is 0 Å². The Hall–Kier alpha value is -2.00. The molecule has 1 aliphatic rings. The van der Waals surface area contributed by atoms with Crippen LogP contribution < -0.4 is 14.8 Å². The van der Waals surface area contributed by atoms with Crippen LogP contribution in [0.1, 0.15) is 33.9 Å². The highest BCUT2D eigenvalue weighted by molar-refractivity contribution is 5.50. The van der Waals surface area contributed by atoms with E-state index in [9.17, 15) is 0 Å². The monoisotopic (exact) mass is 297 g/mol. The molecule has 3 heteroatoms. The molecule has 0 fully saturated rings. The Bertz CT molecular complexity index is 694. The first-order valence-corrected chi connectivity index (χ1v) is 7.70. The van der Waals surface area contributed by atoms with Crippen molar-refractivity contribution in [3.05, 3.63) is 58.1 Å². The predicted molar refractivity (Wildman–Crippen MR) is 89.0 cm³/mol. The second-order valence-electron chi connectivity index (χ2n) is 5.81. The summed E-state index contributed by atoms with van der Waals surface area (Å²) in [5.74, 6) is 1.88. The normalized spacial score (nSPS) is 17.0. The molecule has 0 spiro atoms. The fourth-order valence-electron chi connectivity index (χ4n) is 3.30. The zero-order valence-corrected chi connectivity index (χ0v) is 13.7. The smallest absolute Gasteiger partial charge is 0.122 e. The van der Waals surface area contributed by atoms with Gasteiger partial charge in [-0.1, -0.05) is 12.1 Å². The van der Waals surface area contributed by atoms with Crippen LogP contribution in [0.5, 0.6) is 11.5 Å². The molecule has 0 amide bonds. The summed E-state index contributed by atoms with van der Waals surface area (Å²) >= 11 is 0. The van der Waals surface area contributed by atoms with E-state index in [2.05, 4.69) is 43.4 Å². The van der Waals surface area contributed by atoms with E-state index in [0.29, 0.717) is 0 Å². The molecule has 116 valence electrons. The number of fused-ring (bicyclic) bond motifs is 1. The Morgan fingerprint density at radius 2 is 1.73 bits per heavy atom. The third kappa shape index (κ3) is 2.46. The predicted octanol–water partition coefficient (Wildman–Crippen LogP) is 3.56. The second kappa shape index (κ2) is 6.01. The lowest BCUT2D eigenvalue weighted by molar-refractivity contribution is 0.410. The summed E-state index contributed by atoms with van der Waals surface area (Å²) in [6.07, 6.45) is 1.04. The SMILES string of the molecule is COc1ccc2c(c1)CCNC2c1ccc(OC)c(C)c1C. The number of hydrogen-bond acceptors (Lipinski definition) is 3. The van der Waals surface area contributed by atoms with Crippen LogP contribution in [0.2, 0.25) is 0 Å². The summed E-state index contributed by atoms with van der Waals surface area (Å²) in [4.78, 5) is 0. The molecule has 0 bridgehead atoms. The highest BCUT2D eigenvalue weighted by atomic mass is 16.5. The van der Waals surface area contributed by atoms with Crippen LogP contribution in [-0.2, 0) is 6.42 Å². The van der Waals surface area contributed by atoms with Crippen LogP contribution in [0.15, 0.2) is 30.3 Å². The van der Waals surface area contributed by atoms with E-state index >= 15 is 0 Å². The molecule has 1 N–H and O–H groups in total. The number of ether oxygens (including phenoxy) is 2. The zero-order chi connectivity index (χ0) is 15.7. The standard InChI is InChI=1S/C19H23NO2/c1-12-13(2)18(22-4)8-7-16(12)19-17-6-5-15(21-3)11-14(17)9-10-20-19/h5-8,11,19-20H,9-10H2,1-4H3. The average molecular weight is 297 g/mol. The van der Waals surface area contributed by atoms with Gasteiger partial charge in [0.15, 0.2) is 0 Å². The molecule has 0 aromatic heterocycles. The van der Waals surface area contributed by atoms with Crippen molar-refractivity contribution in [2.24, 2.45) is 0 Å². The molecule has 2 aromatic carbocycles. The Balaban J connectivity index is 2.06. The van der Waals surface area contributed by atoms with Gasteiger partial charge >= 0.3 is 0 Å². The van der Waals surface area contributed by atoms with Gasteiger partial charge in [-0.3, -0.25) is 0 Å². The summed E-state index contributed by atoms with van der Waals surface area (Å²) in [5.41, 5.74) is 6.54. The Morgan fingerprint density at radius 1 is 0.955 bits per heavy atom. The van der Waals surface area contributed by atoms with Crippen molar-refractivity contribution in [1.29, 1.82) is 0 Å². The van der Waals surface area contributed by atoms with E-state index in [1.807, 2.05) is 6.07 Å². The lowest BCUT2D eigenvalue weighted by Gasteiger charge is -2.29. The number of methoxy groups -OCH3 is 2. The summed E-state index contributed by atoms with van der Waals surface area (Å²) in [7, 11) is 3.44. The molecule has 1 unspecified atom stereocenters. The van der Waals surface area contributed by atoms with Crippen molar-refractivity contribution < 1.29 is 9.47 Å². The fourth-order valence-corrected chi connectivity index (χ4v) is 3.30. The van der Waals surface area contributed by atoms with Gasteiger partial charge in [0.05, 0.1) is 20.3 Å². The van der Waals surface area contributed by atoms with Crippen LogP contribution in [0.4, 0.5) is 0 Å². The van der Waals surface area contributed by atoms with Gasteiger partial charge in [0.2, 0.25) is 0 Å². The van der Waals surface area contributed by atoms with Gasteiger partial charge in [-0.15, -0.1) is 0 Å². The van der Waals surface area contributed by atoms with Gasteiger partial charge in [-0.25, -0.2) is 0 Å². The zero-order valence-electron chi connectivity index (χ0n) is 13.7. The first-order chi connectivity index (χ1) is 10.7. The van der Waals surface area contributed by atoms with Gasteiger partial charge in [0.25, 0.3) is 0 Å². The molecular weight excluding hydrogens is 274 g/mol. The lowest BCUT2D eigenvalue weighted by atomic mass is 9.86. The quantitative estimate of drug-likeness (QED) is 0.939. The maximum absolute atomic E-state index is 5.43. The summed E-state index contributed by atoms with van der Waals surface area (Å²) < 4.78 is 10.8. The molecule has 1 heterocycles. The van der Waals surface area contributed by atoms with E-state index in [4.69, 9.17) is 9.47 Å². The minimum Gasteiger partial charge on any atom is -0.497 e. The van der Waals surface area contributed by atoms with E-state index in [1.54, 1.807) is 14.2 Å². The topological polar surface area (TPSA) is 30.5 Å². The first kappa shape index (κ1) is 14.9. The van der Waals surface area contributed by atoms with Crippen LogP contribution in [0.3, 0.4) is 0 Å². The van der Waals surface area contributed by atoms with Gasteiger partial charge < -0.3 is 14.8 Å². The summed E-state index contributed by atoms with van der Waals surface area (Å²) in [5, 5.41) is 3.65. The third-order valence-electron chi connectivity index (χ3n) is 4.71. The average Bonchev–Trinajstić information content (AvgIpc) is 2.56. The molecule has 3 nitrogen and oxygen atoms in total. The molecule has 1 atom stereocenters. The van der Waals surface area contributed by atoms with Crippen LogP contribution in [0.25, 0.3) is 0 Å². The van der Waals surface area contributed by atoms with Crippen LogP contribution >= 0.6 is 0 Å². The van der Waals surface area contributed by atoms with E-state index in [0.717, 1.165) is 24.5 Å². The molecule has 0 saturated heterocycles. The van der Waals surface area contributed by atoms with Crippen molar-refractivity contribution in [3.63, 3.8) is 0 Å². The van der Waals surface area contributed by atoms with Crippen molar-refractivity contribution in [3.8, 4) is 11.5 Å². The summed E-state index contributed by atoms with van der Waals surface area (Å²) in [6.45, 7) is 5.28. The molecular formula is C19H23NO2. The minimum atomic E-state index is 0.235. The van der Waals surface area contributed by atoms with Gasteiger partial charge in [-0.05, 0) is 66.3 Å². The van der Waals surface area contributed by atoms with Crippen molar-refractivity contribution in [2.75, 3.05) is 20.8 Å². The number of rotatable bonds is 3. The third-order valence-corrected chi connectivity index (χ3v) is 4.71. The fraction of sp³-hybridized carbons (Fsp3) is 0.368. The maximum Gasteiger partial charge on any atom is 0.122 e. The molecule has 1 aliphatic heterocycles. The van der Waals surface area contributed by atoms with E-state index < -0.39 is 0 Å². The molecule has 2 aromatic rings. The number of benzene rings is 2. The number of nitrogens with one attached hydrogen (secondary N) is 1. The Labute approximate surface area is 132 Å². The van der Waals surface area contributed by atoms with Crippen molar-refractivity contribution in [1.82, 2.24) is 5.32 Å². The minimum absolute atomic E-state index is 0.235. The maximum atomic E-state index is 5.43. The first-order valence-electron chi connectivity index (χ1n) is 7.70. The molecule has 3 rings (SSSR count). The summed E-state index contributed by atoms with van der Waals surface area (Å²) in [6, 6.07) is 10.9. The number of hydrogen-bond donors (Lipinski definition) is 1. The van der Waals surface area contributed by atoms with E-state index in [1.165, 1.54) is 27.8 Å². The lowest BCUT2D eigenvalue weighted by Crippen LogP contribution is -2.31. The highest BCUT2D eigenvalue weighted by Crippen LogP contribution is 2.35. The molecule has 0 aliphatic carbocycles. The van der Waals surface area contributed by atoms with Crippen LogP contribution in [-0.4, -0.2) is 20.8 Å². The van der Waals surface area contributed by atoms with Crippen molar-refractivity contribution >= 4 is 0 Å². The van der Waals surface area contributed by atoms with Gasteiger partial charge in [0, 0.05) is 6.54 Å². The molecule has 22 heavy (non-hydrogen) atoms. The largest absolute Gasteiger partial charge is 0.497 e. The van der Waals surface area contributed by atoms with Gasteiger partial charge in [0.1, 0.15) is 11.5 Å². The second-order valence-corrected chi connectivity index (χ2v) is 5.81. The Kier molecular flexibility index (Phi) is 4.08. The Morgan fingerprint density at radius 3 is 2.45 bits per heavy atom. The van der Waals surface area contributed by atoms with Crippen LogP contribution in [0, 0.1) is 13.8 Å². The molecule has 0 saturated carbocycles. The van der Waals surface area contributed by atoms with E-state index in [-0.39, 0.29) is 6.04 Å². The van der Waals surface area contributed by atoms with Crippen molar-refractivity contribution in [2.45, 2.75) is 26.3 Å².